The number of nitrogens with zero attached hydrogens (tertiary/aromatic N) is 4. The van der Waals surface area contributed by atoms with Crippen LogP contribution in [0.15, 0.2) is 30.3 Å². The Bertz CT molecular complexity index is 850. The quantitative estimate of drug-likeness (QED) is 0.773. The van der Waals surface area contributed by atoms with Crippen molar-refractivity contribution in [1.29, 1.82) is 0 Å². The predicted octanol–water partition coefficient (Wildman–Crippen LogP) is 1.94. The lowest BCUT2D eigenvalue weighted by molar-refractivity contribution is 0.0963. The minimum absolute atomic E-state index is 0.121. The molecule has 7 heteroatoms. The van der Waals surface area contributed by atoms with E-state index in [-0.39, 0.29) is 18.3 Å². The number of hydrogen-bond donors (Lipinski definition) is 2. The maximum absolute atomic E-state index is 13.0. The van der Waals surface area contributed by atoms with E-state index in [0.717, 1.165) is 38.3 Å². The Morgan fingerprint density at radius 1 is 1.10 bits per heavy atom. The fourth-order valence-electron chi connectivity index (χ4n) is 4.28. The normalized spacial score (nSPS) is 19.9. The van der Waals surface area contributed by atoms with Gasteiger partial charge in [-0.3, -0.25) is 9.69 Å². The molecule has 29 heavy (non-hydrogen) atoms. The number of β-amino-alcohol motifs (C(OH)–C–C–N with tert-alkyl or cyclic N) is 1. The molecule has 154 valence electrons. The van der Waals surface area contributed by atoms with Gasteiger partial charge in [0.2, 0.25) is 5.95 Å². The number of fused-ring (bicyclic) bond motifs is 1. The number of anilines is 2. The van der Waals surface area contributed by atoms with E-state index in [0.29, 0.717) is 36.8 Å². The van der Waals surface area contributed by atoms with E-state index in [9.17, 15) is 4.79 Å². The monoisotopic (exact) mass is 395 g/mol. The third-order valence-corrected chi connectivity index (χ3v) is 5.81. The largest absolute Gasteiger partial charge is 0.395 e. The SMILES string of the molecule is CCNc1nc(N2CCN(CCO)CC2)nc2c1C(=O)C[C@@H](c1ccccc1)C2. The molecule has 1 atom stereocenters. The highest BCUT2D eigenvalue weighted by atomic mass is 16.3. The summed E-state index contributed by atoms with van der Waals surface area (Å²) < 4.78 is 0. The molecule has 0 spiro atoms. The van der Waals surface area contributed by atoms with Crippen molar-refractivity contribution in [3.8, 4) is 0 Å². The highest BCUT2D eigenvalue weighted by Crippen LogP contribution is 2.35. The predicted molar refractivity (Wildman–Crippen MR) is 114 cm³/mol. The Kier molecular flexibility index (Phi) is 6.06. The minimum Gasteiger partial charge on any atom is -0.395 e. The number of nitrogens with one attached hydrogen (secondary N) is 1. The molecule has 7 nitrogen and oxygen atoms in total. The average molecular weight is 396 g/mol. The van der Waals surface area contributed by atoms with Crippen LogP contribution in [0.5, 0.6) is 0 Å². The Morgan fingerprint density at radius 2 is 1.86 bits per heavy atom. The van der Waals surface area contributed by atoms with Gasteiger partial charge in [0.1, 0.15) is 5.82 Å². The Hall–Kier alpha value is -2.51. The second kappa shape index (κ2) is 8.88. The van der Waals surface area contributed by atoms with Gasteiger partial charge in [-0.2, -0.15) is 4.98 Å². The number of hydrogen-bond acceptors (Lipinski definition) is 7. The molecule has 1 aromatic carbocycles. The van der Waals surface area contributed by atoms with Crippen LogP contribution in [0.3, 0.4) is 0 Å². The van der Waals surface area contributed by atoms with Crippen molar-refractivity contribution >= 4 is 17.5 Å². The van der Waals surface area contributed by atoms with E-state index >= 15 is 0 Å². The molecule has 0 bridgehead atoms. The molecular weight excluding hydrogens is 366 g/mol. The number of Topliss-reactive ketones (excluding diaryl/α,β-unsaturated/α-hetero) is 1. The summed E-state index contributed by atoms with van der Waals surface area (Å²) in [6.45, 7) is 7.01. The van der Waals surface area contributed by atoms with Gasteiger partial charge in [0.05, 0.1) is 17.9 Å². The van der Waals surface area contributed by atoms with Crippen molar-refractivity contribution in [2.24, 2.45) is 0 Å². The first-order valence-corrected chi connectivity index (χ1v) is 10.5. The summed E-state index contributed by atoms with van der Waals surface area (Å²) in [5.41, 5.74) is 2.71. The third-order valence-electron chi connectivity index (χ3n) is 5.81. The van der Waals surface area contributed by atoms with Crippen molar-refractivity contribution in [1.82, 2.24) is 14.9 Å². The Morgan fingerprint density at radius 3 is 2.55 bits per heavy atom. The van der Waals surface area contributed by atoms with Crippen LogP contribution in [0.25, 0.3) is 0 Å². The average Bonchev–Trinajstić information content (AvgIpc) is 2.75. The van der Waals surface area contributed by atoms with Crippen LogP contribution in [0.2, 0.25) is 0 Å². The molecule has 0 amide bonds. The first-order chi connectivity index (χ1) is 14.2. The van der Waals surface area contributed by atoms with Gasteiger partial charge in [-0.25, -0.2) is 4.98 Å². The van der Waals surface area contributed by atoms with Gasteiger partial charge >= 0.3 is 0 Å². The van der Waals surface area contributed by atoms with Gasteiger partial charge in [-0.15, -0.1) is 0 Å². The van der Waals surface area contributed by atoms with E-state index in [2.05, 4.69) is 27.2 Å². The summed E-state index contributed by atoms with van der Waals surface area (Å²) in [7, 11) is 0. The Balaban J connectivity index is 1.63. The van der Waals surface area contributed by atoms with Crippen molar-refractivity contribution in [2.45, 2.75) is 25.7 Å². The van der Waals surface area contributed by atoms with E-state index in [1.807, 2.05) is 25.1 Å². The summed E-state index contributed by atoms with van der Waals surface area (Å²) in [6.07, 6.45) is 1.25. The number of benzene rings is 1. The van der Waals surface area contributed by atoms with Crippen LogP contribution in [-0.2, 0) is 6.42 Å². The van der Waals surface area contributed by atoms with Gasteiger partial charge in [0.15, 0.2) is 5.78 Å². The molecule has 1 saturated heterocycles. The number of piperazine rings is 1. The van der Waals surface area contributed by atoms with Gasteiger partial charge in [0.25, 0.3) is 0 Å². The van der Waals surface area contributed by atoms with Gasteiger partial charge in [-0.05, 0) is 24.8 Å². The smallest absolute Gasteiger partial charge is 0.227 e. The van der Waals surface area contributed by atoms with Gasteiger partial charge in [-0.1, -0.05) is 30.3 Å². The van der Waals surface area contributed by atoms with E-state index < -0.39 is 0 Å². The number of carbonyl (C=O) groups is 1. The number of ketones is 1. The molecule has 1 aliphatic carbocycles. The second-order valence-electron chi connectivity index (χ2n) is 7.72. The summed E-state index contributed by atoms with van der Waals surface area (Å²) >= 11 is 0. The fraction of sp³-hybridized carbons (Fsp3) is 0.500. The zero-order valence-electron chi connectivity index (χ0n) is 17.0. The molecular formula is C22H29N5O2. The lowest BCUT2D eigenvalue weighted by atomic mass is 9.82. The van der Waals surface area contributed by atoms with E-state index in [1.54, 1.807) is 0 Å². The van der Waals surface area contributed by atoms with Crippen LogP contribution < -0.4 is 10.2 Å². The summed E-state index contributed by atoms with van der Waals surface area (Å²) in [6, 6.07) is 10.2. The van der Waals surface area contributed by atoms with Gasteiger partial charge in [0, 0.05) is 45.7 Å². The first kappa shape index (κ1) is 19.8. The lowest BCUT2D eigenvalue weighted by Gasteiger charge is -2.35. The van der Waals surface area contributed by atoms with Crippen molar-refractivity contribution in [2.75, 3.05) is 56.1 Å². The highest BCUT2D eigenvalue weighted by molar-refractivity contribution is 6.03. The molecule has 2 heterocycles. The number of rotatable bonds is 6. The molecule has 1 fully saturated rings. The molecule has 0 unspecified atom stereocenters. The first-order valence-electron chi connectivity index (χ1n) is 10.5. The maximum Gasteiger partial charge on any atom is 0.227 e. The topological polar surface area (TPSA) is 81.6 Å². The van der Waals surface area contributed by atoms with E-state index in [4.69, 9.17) is 15.1 Å². The minimum atomic E-state index is 0.121. The lowest BCUT2D eigenvalue weighted by Crippen LogP contribution is -2.48. The maximum atomic E-state index is 13.0. The van der Waals surface area contributed by atoms with Crippen LogP contribution in [-0.4, -0.2) is 71.6 Å². The van der Waals surface area contributed by atoms with Crippen LogP contribution in [0, 0.1) is 0 Å². The third kappa shape index (κ3) is 4.26. The molecule has 1 aromatic heterocycles. The molecule has 2 aromatic rings. The zero-order valence-corrected chi connectivity index (χ0v) is 17.0. The second-order valence-corrected chi connectivity index (χ2v) is 7.72. The number of aliphatic hydroxyl groups is 1. The fourth-order valence-corrected chi connectivity index (χ4v) is 4.28. The number of aromatic nitrogens is 2. The molecule has 2 aliphatic rings. The Labute approximate surface area is 171 Å². The van der Waals surface area contributed by atoms with Gasteiger partial charge < -0.3 is 15.3 Å². The van der Waals surface area contributed by atoms with Crippen molar-refractivity contribution in [3.63, 3.8) is 0 Å². The van der Waals surface area contributed by atoms with Crippen molar-refractivity contribution < 1.29 is 9.90 Å². The molecule has 4 rings (SSSR count). The molecule has 1 aliphatic heterocycles. The molecule has 0 saturated carbocycles. The summed E-state index contributed by atoms with van der Waals surface area (Å²) in [4.78, 5) is 27.0. The molecule has 0 radical (unpaired) electrons. The van der Waals surface area contributed by atoms with Crippen LogP contribution in [0.1, 0.15) is 40.9 Å². The standard InChI is InChI=1S/C22H29N5O2/c1-2-23-21-20-18(14-17(15-19(20)29)16-6-4-3-5-7-16)24-22(25-21)27-10-8-26(9-11-27)12-13-28/h3-7,17,28H,2,8-15H2,1H3,(H,23,24,25)/t17-/m0/s1. The molecule has 2 N–H and O–H groups in total. The summed E-state index contributed by atoms with van der Waals surface area (Å²) in [5.74, 6) is 1.65. The number of carbonyl (C=O) groups excluding carboxylic acids is 1. The highest BCUT2D eigenvalue weighted by Gasteiger charge is 2.32. The summed E-state index contributed by atoms with van der Waals surface area (Å²) in [5, 5.41) is 12.4. The zero-order chi connectivity index (χ0) is 20.2. The van der Waals surface area contributed by atoms with E-state index in [1.165, 1.54) is 5.56 Å². The van der Waals surface area contributed by atoms with Crippen LogP contribution in [0.4, 0.5) is 11.8 Å². The number of aliphatic hydroxyl groups excluding tert-OH is 1. The van der Waals surface area contributed by atoms with Crippen molar-refractivity contribution in [3.05, 3.63) is 47.2 Å². The van der Waals surface area contributed by atoms with Crippen LogP contribution >= 0.6 is 0 Å².